The van der Waals surface area contributed by atoms with Crippen molar-refractivity contribution in [1.29, 1.82) is 0 Å². The molecule has 2 aromatic rings. The van der Waals surface area contributed by atoms with Crippen LogP contribution in [0.1, 0.15) is 15.9 Å². The van der Waals surface area contributed by atoms with E-state index in [0.717, 1.165) is 0 Å². The molecule has 0 unspecified atom stereocenters. The van der Waals surface area contributed by atoms with Gasteiger partial charge in [0.05, 0.1) is 26.3 Å². The Bertz CT molecular complexity index is 803. The third-order valence-corrected chi connectivity index (χ3v) is 3.47. The first kappa shape index (κ1) is 18.0. The van der Waals surface area contributed by atoms with Crippen LogP contribution in [0.2, 0.25) is 0 Å². The van der Waals surface area contributed by atoms with Gasteiger partial charge in [-0.05, 0) is 11.6 Å². The number of non-ortho nitro benzene ring substituents is 1. The molecule has 25 heavy (non-hydrogen) atoms. The molecule has 0 N–H and O–H groups in total. The van der Waals surface area contributed by atoms with Crippen LogP contribution in [0.25, 0.3) is 6.08 Å². The highest BCUT2D eigenvalue weighted by Crippen LogP contribution is 2.34. The predicted octanol–water partition coefficient (Wildman–Crippen LogP) is 3.52. The van der Waals surface area contributed by atoms with E-state index in [2.05, 4.69) is 0 Å². The number of hydrogen-bond donors (Lipinski definition) is 0. The highest BCUT2D eigenvalue weighted by Gasteiger charge is 2.18. The average Bonchev–Trinajstić information content (AvgIpc) is 2.64. The monoisotopic (exact) mass is 343 g/mol. The topological polar surface area (TPSA) is 87.9 Å². The van der Waals surface area contributed by atoms with E-state index in [4.69, 9.17) is 14.2 Å². The van der Waals surface area contributed by atoms with Gasteiger partial charge in [0.15, 0.2) is 5.78 Å². The number of ketones is 1. The van der Waals surface area contributed by atoms with Crippen LogP contribution in [0.3, 0.4) is 0 Å². The van der Waals surface area contributed by atoms with Crippen molar-refractivity contribution in [2.24, 2.45) is 0 Å². The number of benzene rings is 2. The molecule has 0 saturated carbocycles. The lowest BCUT2D eigenvalue weighted by Gasteiger charge is -2.13. The van der Waals surface area contributed by atoms with Crippen LogP contribution in [0.15, 0.2) is 42.5 Å². The summed E-state index contributed by atoms with van der Waals surface area (Å²) in [4.78, 5) is 22.9. The van der Waals surface area contributed by atoms with Crippen LogP contribution in [0.4, 0.5) is 5.69 Å². The number of nitro groups is 1. The van der Waals surface area contributed by atoms with E-state index in [0.29, 0.717) is 22.8 Å². The molecule has 2 aromatic carbocycles. The Labute approximate surface area is 144 Å². The van der Waals surface area contributed by atoms with Gasteiger partial charge in [-0.3, -0.25) is 14.9 Å². The summed E-state index contributed by atoms with van der Waals surface area (Å²) in [5, 5.41) is 10.8. The lowest BCUT2D eigenvalue weighted by atomic mass is 10.1. The maximum Gasteiger partial charge on any atom is 0.270 e. The lowest BCUT2D eigenvalue weighted by molar-refractivity contribution is -0.384. The minimum atomic E-state index is -0.491. The molecule has 0 bridgehead atoms. The fourth-order valence-electron chi connectivity index (χ4n) is 2.25. The zero-order chi connectivity index (χ0) is 18.4. The summed E-state index contributed by atoms with van der Waals surface area (Å²) in [6.45, 7) is 0. The first-order valence-electron chi connectivity index (χ1n) is 7.27. The van der Waals surface area contributed by atoms with E-state index < -0.39 is 4.92 Å². The maximum absolute atomic E-state index is 12.6. The number of allylic oxidation sites excluding steroid dienone is 1. The molecule has 0 aliphatic heterocycles. The number of methoxy groups -OCH3 is 3. The van der Waals surface area contributed by atoms with E-state index in [1.807, 2.05) is 0 Å². The number of carbonyl (C=O) groups is 1. The SMILES string of the molecule is COc1cc(OC)c(C(=O)/C=C/c2cccc([N+](=O)[O-])c2)c(OC)c1. The minimum Gasteiger partial charge on any atom is -0.496 e. The van der Waals surface area contributed by atoms with Crippen molar-refractivity contribution in [2.75, 3.05) is 21.3 Å². The molecule has 0 aliphatic rings. The van der Waals surface area contributed by atoms with Crippen molar-refractivity contribution in [2.45, 2.75) is 0 Å². The quantitative estimate of drug-likeness (QED) is 0.331. The molecule has 7 heteroatoms. The van der Waals surface area contributed by atoms with Gasteiger partial charge in [0.1, 0.15) is 22.8 Å². The van der Waals surface area contributed by atoms with E-state index in [-0.39, 0.29) is 17.0 Å². The number of nitro benzene ring substituents is 1. The van der Waals surface area contributed by atoms with Gasteiger partial charge in [-0.2, -0.15) is 0 Å². The third-order valence-electron chi connectivity index (χ3n) is 3.47. The molecule has 0 fully saturated rings. The van der Waals surface area contributed by atoms with Crippen LogP contribution >= 0.6 is 0 Å². The fraction of sp³-hybridized carbons (Fsp3) is 0.167. The fourth-order valence-corrected chi connectivity index (χ4v) is 2.25. The van der Waals surface area contributed by atoms with E-state index in [1.165, 1.54) is 45.6 Å². The zero-order valence-corrected chi connectivity index (χ0v) is 14.0. The van der Waals surface area contributed by atoms with Crippen LogP contribution in [-0.4, -0.2) is 32.0 Å². The molecule has 0 amide bonds. The second kappa shape index (κ2) is 7.96. The van der Waals surface area contributed by atoms with Gasteiger partial charge in [0.25, 0.3) is 5.69 Å². The molecule has 0 atom stereocenters. The molecule has 0 aromatic heterocycles. The van der Waals surface area contributed by atoms with E-state index in [9.17, 15) is 14.9 Å². The summed E-state index contributed by atoms with van der Waals surface area (Å²) in [6.07, 6.45) is 2.81. The van der Waals surface area contributed by atoms with Gasteiger partial charge in [-0.25, -0.2) is 0 Å². The Hall–Kier alpha value is -3.35. The van der Waals surface area contributed by atoms with Crippen LogP contribution in [-0.2, 0) is 0 Å². The summed E-state index contributed by atoms with van der Waals surface area (Å²) in [6, 6.07) is 9.14. The Morgan fingerprint density at radius 1 is 1.04 bits per heavy atom. The number of carbonyl (C=O) groups excluding carboxylic acids is 1. The Morgan fingerprint density at radius 2 is 1.68 bits per heavy atom. The molecular formula is C18H17NO6. The van der Waals surface area contributed by atoms with E-state index in [1.54, 1.807) is 24.3 Å². The maximum atomic E-state index is 12.6. The normalized spacial score (nSPS) is 10.5. The molecule has 2 rings (SSSR count). The summed E-state index contributed by atoms with van der Waals surface area (Å²) >= 11 is 0. The lowest BCUT2D eigenvalue weighted by Crippen LogP contribution is -2.03. The summed E-state index contributed by atoms with van der Waals surface area (Å²) in [7, 11) is 4.38. The van der Waals surface area contributed by atoms with Crippen molar-refractivity contribution >= 4 is 17.5 Å². The smallest absolute Gasteiger partial charge is 0.270 e. The Balaban J connectivity index is 2.37. The van der Waals surface area contributed by atoms with Crippen molar-refractivity contribution in [3.63, 3.8) is 0 Å². The second-order valence-electron chi connectivity index (χ2n) is 4.96. The van der Waals surface area contributed by atoms with Gasteiger partial charge in [0.2, 0.25) is 0 Å². The molecule has 0 aliphatic carbocycles. The second-order valence-corrected chi connectivity index (χ2v) is 4.96. The molecule has 130 valence electrons. The molecule has 0 radical (unpaired) electrons. The largest absolute Gasteiger partial charge is 0.496 e. The van der Waals surface area contributed by atoms with Crippen molar-refractivity contribution in [1.82, 2.24) is 0 Å². The summed E-state index contributed by atoms with van der Waals surface area (Å²) in [5.41, 5.74) is 0.732. The molecule has 0 saturated heterocycles. The summed E-state index contributed by atoms with van der Waals surface area (Å²) < 4.78 is 15.6. The average molecular weight is 343 g/mol. The van der Waals surface area contributed by atoms with Crippen molar-refractivity contribution in [3.8, 4) is 17.2 Å². The van der Waals surface area contributed by atoms with Gasteiger partial charge in [-0.15, -0.1) is 0 Å². The first-order chi connectivity index (χ1) is 12.0. The number of rotatable bonds is 7. The standard InChI is InChI=1S/C18H17NO6/c1-23-14-10-16(24-2)18(17(11-14)25-3)15(20)8-7-12-5-4-6-13(9-12)19(21)22/h4-11H,1-3H3/b8-7+. The molecule has 7 nitrogen and oxygen atoms in total. The highest BCUT2D eigenvalue weighted by atomic mass is 16.6. The van der Waals surface area contributed by atoms with Gasteiger partial charge in [-0.1, -0.05) is 18.2 Å². The number of hydrogen-bond acceptors (Lipinski definition) is 6. The third kappa shape index (κ3) is 4.14. The predicted molar refractivity (Wildman–Crippen MR) is 92.6 cm³/mol. The summed E-state index contributed by atoms with van der Waals surface area (Å²) in [5.74, 6) is 0.755. The van der Waals surface area contributed by atoms with Crippen LogP contribution in [0, 0.1) is 10.1 Å². The molecule has 0 heterocycles. The Morgan fingerprint density at radius 3 is 2.20 bits per heavy atom. The zero-order valence-electron chi connectivity index (χ0n) is 14.0. The van der Waals surface area contributed by atoms with Crippen LogP contribution < -0.4 is 14.2 Å². The molecular weight excluding hydrogens is 326 g/mol. The minimum absolute atomic E-state index is 0.0470. The van der Waals surface area contributed by atoms with Crippen molar-refractivity contribution in [3.05, 3.63) is 63.7 Å². The van der Waals surface area contributed by atoms with Gasteiger partial charge in [0, 0.05) is 24.3 Å². The van der Waals surface area contributed by atoms with Crippen molar-refractivity contribution < 1.29 is 23.9 Å². The highest BCUT2D eigenvalue weighted by molar-refractivity contribution is 6.10. The van der Waals surface area contributed by atoms with Gasteiger partial charge >= 0.3 is 0 Å². The number of nitrogens with zero attached hydrogens (tertiary/aromatic N) is 1. The van der Waals surface area contributed by atoms with E-state index >= 15 is 0 Å². The van der Waals surface area contributed by atoms with Crippen LogP contribution in [0.5, 0.6) is 17.2 Å². The Kier molecular flexibility index (Phi) is 5.73. The molecule has 0 spiro atoms. The van der Waals surface area contributed by atoms with Gasteiger partial charge < -0.3 is 14.2 Å². The number of ether oxygens (including phenoxy) is 3. The first-order valence-corrected chi connectivity index (χ1v) is 7.27.